The average Bonchev–Trinajstić information content (AvgIpc) is 2.87. The number of ether oxygens (including phenoxy) is 1. The molecule has 0 aliphatic rings. The van der Waals surface area contributed by atoms with E-state index in [0.29, 0.717) is 22.5 Å². The minimum absolute atomic E-state index is 0.115. The Morgan fingerprint density at radius 1 is 1.19 bits per heavy atom. The fourth-order valence-corrected chi connectivity index (χ4v) is 3.18. The zero-order valence-corrected chi connectivity index (χ0v) is 16.6. The van der Waals surface area contributed by atoms with Crippen molar-refractivity contribution in [3.63, 3.8) is 0 Å². The Bertz CT molecular complexity index is 895. The van der Waals surface area contributed by atoms with Crippen molar-refractivity contribution in [2.75, 3.05) is 0 Å². The van der Waals surface area contributed by atoms with Gasteiger partial charge in [-0.15, -0.1) is 0 Å². The molecule has 0 aliphatic carbocycles. The molecule has 0 amide bonds. The Balaban J connectivity index is 2.10. The van der Waals surface area contributed by atoms with Crippen molar-refractivity contribution in [3.8, 4) is 0 Å². The number of hydrogen-bond donors (Lipinski definition) is 1. The molecule has 1 aromatic heterocycles. The van der Waals surface area contributed by atoms with Crippen LogP contribution in [0.25, 0.3) is 6.08 Å². The number of carbonyl (C=O) groups is 3. The molecule has 0 saturated heterocycles. The molecule has 2 rings (SSSR count). The number of H-pyrrole nitrogens is 1. The molecule has 0 bridgehead atoms. The van der Waals surface area contributed by atoms with Crippen molar-refractivity contribution in [2.24, 2.45) is 0 Å². The van der Waals surface area contributed by atoms with E-state index in [-0.39, 0.29) is 11.6 Å². The first-order valence-corrected chi connectivity index (χ1v) is 8.89. The summed E-state index contributed by atoms with van der Waals surface area (Å²) in [5.74, 6) is -1.11. The number of esters is 1. The van der Waals surface area contributed by atoms with E-state index in [1.807, 2.05) is 24.3 Å². The van der Waals surface area contributed by atoms with Gasteiger partial charge in [0.25, 0.3) is 0 Å². The molecule has 0 radical (unpaired) electrons. The monoisotopic (exact) mass is 417 g/mol. The quantitative estimate of drug-likeness (QED) is 0.428. The van der Waals surface area contributed by atoms with Crippen LogP contribution in [0.3, 0.4) is 0 Å². The van der Waals surface area contributed by atoms with Crippen molar-refractivity contribution >= 4 is 39.5 Å². The lowest BCUT2D eigenvalue weighted by Crippen LogP contribution is -2.24. The van der Waals surface area contributed by atoms with Crippen molar-refractivity contribution < 1.29 is 19.1 Å². The molecule has 26 heavy (non-hydrogen) atoms. The third kappa shape index (κ3) is 4.38. The fourth-order valence-electron chi connectivity index (χ4n) is 2.76. The van der Waals surface area contributed by atoms with Crippen LogP contribution >= 0.6 is 15.9 Å². The summed E-state index contributed by atoms with van der Waals surface area (Å²) in [4.78, 5) is 39.2. The molecular weight excluding hydrogens is 398 g/mol. The van der Waals surface area contributed by atoms with Gasteiger partial charge < -0.3 is 9.72 Å². The van der Waals surface area contributed by atoms with E-state index in [2.05, 4.69) is 20.9 Å². The molecule has 1 atom stereocenters. The van der Waals surface area contributed by atoms with Gasteiger partial charge in [-0.2, -0.15) is 0 Å². The minimum atomic E-state index is -0.970. The van der Waals surface area contributed by atoms with E-state index in [1.165, 1.54) is 19.9 Å². The number of aryl methyl sites for hydroxylation is 1. The van der Waals surface area contributed by atoms with Crippen LogP contribution in [0, 0.1) is 13.8 Å². The second-order valence-corrected chi connectivity index (χ2v) is 6.83. The van der Waals surface area contributed by atoms with Crippen molar-refractivity contribution in [1.82, 2.24) is 4.98 Å². The summed E-state index contributed by atoms with van der Waals surface area (Å²) in [6, 6.07) is 7.43. The summed E-state index contributed by atoms with van der Waals surface area (Å²) < 4.78 is 6.05. The Labute approximate surface area is 160 Å². The summed E-state index contributed by atoms with van der Waals surface area (Å²) in [7, 11) is 0. The first kappa shape index (κ1) is 19.8. The summed E-state index contributed by atoms with van der Waals surface area (Å²) in [5.41, 5.74) is 2.83. The maximum atomic E-state index is 12.6. The number of benzene rings is 1. The Morgan fingerprint density at radius 2 is 1.85 bits per heavy atom. The predicted octanol–water partition coefficient (Wildman–Crippen LogP) is 4.42. The number of halogens is 1. The van der Waals surface area contributed by atoms with Crippen molar-refractivity contribution in [3.05, 3.63) is 62.9 Å². The Morgan fingerprint density at radius 3 is 2.42 bits per heavy atom. The first-order chi connectivity index (χ1) is 12.2. The van der Waals surface area contributed by atoms with Crippen LogP contribution in [0.2, 0.25) is 0 Å². The highest BCUT2D eigenvalue weighted by Crippen LogP contribution is 2.21. The van der Waals surface area contributed by atoms with Gasteiger partial charge in [-0.25, -0.2) is 4.79 Å². The van der Waals surface area contributed by atoms with Gasteiger partial charge in [0.05, 0.1) is 5.69 Å². The summed E-state index contributed by atoms with van der Waals surface area (Å²) >= 11 is 3.39. The second-order valence-electron chi connectivity index (χ2n) is 5.98. The predicted molar refractivity (Wildman–Crippen MR) is 103 cm³/mol. The van der Waals surface area contributed by atoms with Gasteiger partial charge in [0.15, 0.2) is 11.9 Å². The molecule has 0 fully saturated rings. The normalized spacial score (nSPS) is 12.2. The maximum absolute atomic E-state index is 12.6. The lowest BCUT2D eigenvalue weighted by Gasteiger charge is -2.10. The Kier molecular flexibility index (Phi) is 6.32. The zero-order chi connectivity index (χ0) is 19.4. The third-order valence-electron chi connectivity index (χ3n) is 4.00. The topological polar surface area (TPSA) is 76.2 Å². The number of nitrogens with one attached hydrogen (secondary N) is 1. The van der Waals surface area contributed by atoms with E-state index >= 15 is 0 Å². The third-order valence-corrected chi connectivity index (χ3v) is 4.72. The number of hydrogen-bond acceptors (Lipinski definition) is 4. The number of carbonyl (C=O) groups excluding carboxylic acids is 3. The number of aromatic nitrogens is 1. The number of ketones is 2. The number of rotatable bonds is 6. The Hall–Kier alpha value is -2.47. The molecule has 5 nitrogen and oxygen atoms in total. The molecule has 2 aromatic rings. The second kappa shape index (κ2) is 8.27. The first-order valence-electron chi connectivity index (χ1n) is 8.10. The highest BCUT2D eigenvalue weighted by atomic mass is 79.9. The lowest BCUT2D eigenvalue weighted by atomic mass is 10.0. The maximum Gasteiger partial charge on any atom is 0.331 e. The van der Waals surface area contributed by atoms with Crippen LogP contribution in [0.1, 0.15) is 51.5 Å². The SMILES string of the molecule is CC(=O)c1c(C)[nH]c(C(=O)[C@@H](C)OC(=O)/C=C/c2ccccc2Br)c1C. The van der Waals surface area contributed by atoms with Crippen LogP contribution in [0.5, 0.6) is 0 Å². The van der Waals surface area contributed by atoms with Gasteiger partial charge in [-0.1, -0.05) is 34.1 Å². The number of aromatic amines is 1. The van der Waals surface area contributed by atoms with Crippen LogP contribution < -0.4 is 0 Å². The summed E-state index contributed by atoms with van der Waals surface area (Å²) in [6.07, 6.45) is 1.92. The molecule has 6 heteroatoms. The van der Waals surface area contributed by atoms with Crippen LogP contribution in [0.15, 0.2) is 34.8 Å². The summed E-state index contributed by atoms with van der Waals surface area (Å²) in [6.45, 7) is 6.40. The van der Waals surface area contributed by atoms with Gasteiger partial charge >= 0.3 is 5.97 Å². The molecule has 0 saturated carbocycles. The highest BCUT2D eigenvalue weighted by Gasteiger charge is 2.25. The van der Waals surface area contributed by atoms with Crippen molar-refractivity contribution in [1.29, 1.82) is 0 Å². The van der Waals surface area contributed by atoms with Gasteiger partial charge in [-0.3, -0.25) is 9.59 Å². The molecule has 1 N–H and O–H groups in total. The van der Waals surface area contributed by atoms with E-state index in [9.17, 15) is 14.4 Å². The van der Waals surface area contributed by atoms with E-state index in [0.717, 1.165) is 10.0 Å². The average molecular weight is 418 g/mol. The molecule has 0 unspecified atom stereocenters. The fraction of sp³-hybridized carbons (Fsp3) is 0.250. The molecular formula is C20H20BrNO4. The molecule has 1 heterocycles. The summed E-state index contributed by atoms with van der Waals surface area (Å²) in [5, 5.41) is 0. The van der Waals surface area contributed by atoms with Gasteiger partial charge in [0.2, 0.25) is 5.78 Å². The van der Waals surface area contributed by atoms with Gasteiger partial charge in [0, 0.05) is 21.8 Å². The standard InChI is InChI=1S/C20H20BrNO4/c1-11-18(13(3)23)12(2)22-19(11)20(25)14(4)26-17(24)10-9-15-7-5-6-8-16(15)21/h5-10,14,22H,1-4H3/b10-9+/t14-/m1/s1. The van der Waals surface area contributed by atoms with Gasteiger partial charge in [0.1, 0.15) is 0 Å². The zero-order valence-electron chi connectivity index (χ0n) is 15.1. The largest absolute Gasteiger partial charge is 0.451 e. The van der Waals surface area contributed by atoms with E-state index < -0.39 is 12.1 Å². The van der Waals surface area contributed by atoms with Crippen molar-refractivity contribution in [2.45, 2.75) is 33.8 Å². The smallest absolute Gasteiger partial charge is 0.331 e. The lowest BCUT2D eigenvalue weighted by molar-refractivity contribution is -0.140. The highest BCUT2D eigenvalue weighted by molar-refractivity contribution is 9.10. The van der Waals surface area contributed by atoms with Crippen LogP contribution in [-0.4, -0.2) is 28.6 Å². The number of Topliss-reactive ketones (excluding diaryl/α,β-unsaturated/α-hetero) is 2. The van der Waals surface area contributed by atoms with Crippen LogP contribution in [-0.2, 0) is 9.53 Å². The van der Waals surface area contributed by atoms with E-state index in [4.69, 9.17) is 4.74 Å². The molecule has 0 aliphatic heterocycles. The molecule has 0 spiro atoms. The van der Waals surface area contributed by atoms with Gasteiger partial charge in [-0.05, 0) is 51.0 Å². The molecule has 1 aromatic carbocycles. The van der Waals surface area contributed by atoms with E-state index in [1.54, 1.807) is 19.9 Å². The van der Waals surface area contributed by atoms with Crippen LogP contribution in [0.4, 0.5) is 0 Å². The minimum Gasteiger partial charge on any atom is -0.451 e. The molecule has 136 valence electrons.